The standard InChI is InChI=1S/C13H14BrN3O3/c1-13(2,5-11(18)19)4-10-16-12(17-20-10)8-3-9(14)7-15-6-8/h3,6-7H,4-5H2,1-2H3,(H,18,19). The third-order valence-corrected chi connectivity index (χ3v) is 3.12. The minimum Gasteiger partial charge on any atom is -0.481 e. The van der Waals surface area contributed by atoms with E-state index in [9.17, 15) is 4.79 Å². The van der Waals surface area contributed by atoms with Crippen molar-refractivity contribution < 1.29 is 14.4 Å². The maximum atomic E-state index is 10.8. The fraction of sp³-hybridized carbons (Fsp3) is 0.385. The third-order valence-electron chi connectivity index (χ3n) is 2.69. The summed E-state index contributed by atoms with van der Waals surface area (Å²) < 4.78 is 6.01. The molecule has 0 spiro atoms. The van der Waals surface area contributed by atoms with E-state index < -0.39 is 11.4 Å². The van der Waals surface area contributed by atoms with Crippen LogP contribution in [0, 0.1) is 5.41 Å². The Morgan fingerprint density at radius 1 is 1.45 bits per heavy atom. The first kappa shape index (κ1) is 14.6. The van der Waals surface area contributed by atoms with Crippen LogP contribution >= 0.6 is 15.9 Å². The van der Waals surface area contributed by atoms with Crippen molar-refractivity contribution >= 4 is 21.9 Å². The Kier molecular flexibility index (Phi) is 4.17. The average molecular weight is 340 g/mol. The maximum Gasteiger partial charge on any atom is 0.303 e. The lowest BCUT2D eigenvalue weighted by Crippen LogP contribution is -2.19. The van der Waals surface area contributed by atoms with E-state index in [2.05, 4.69) is 31.1 Å². The molecule has 0 aliphatic rings. The van der Waals surface area contributed by atoms with Crippen molar-refractivity contribution in [3.05, 3.63) is 28.8 Å². The van der Waals surface area contributed by atoms with Crippen molar-refractivity contribution in [3.63, 3.8) is 0 Å². The minimum atomic E-state index is -0.842. The number of hydrogen-bond donors (Lipinski definition) is 1. The van der Waals surface area contributed by atoms with Crippen LogP contribution in [0.1, 0.15) is 26.2 Å². The second-order valence-electron chi connectivity index (χ2n) is 5.32. The molecule has 0 atom stereocenters. The first-order valence-electron chi connectivity index (χ1n) is 6.01. The molecule has 0 aromatic carbocycles. The van der Waals surface area contributed by atoms with Crippen LogP contribution in [0.3, 0.4) is 0 Å². The van der Waals surface area contributed by atoms with Gasteiger partial charge < -0.3 is 9.63 Å². The Morgan fingerprint density at radius 2 is 2.20 bits per heavy atom. The second kappa shape index (κ2) is 5.70. The molecular weight excluding hydrogens is 326 g/mol. The molecule has 0 bridgehead atoms. The van der Waals surface area contributed by atoms with Crippen LogP contribution in [0.15, 0.2) is 27.5 Å². The van der Waals surface area contributed by atoms with E-state index in [1.54, 1.807) is 12.4 Å². The largest absolute Gasteiger partial charge is 0.481 e. The van der Waals surface area contributed by atoms with E-state index >= 15 is 0 Å². The average Bonchev–Trinajstić information content (AvgIpc) is 2.74. The number of hydrogen-bond acceptors (Lipinski definition) is 5. The number of carboxylic acids is 1. The summed E-state index contributed by atoms with van der Waals surface area (Å²) >= 11 is 3.33. The molecule has 2 rings (SSSR count). The lowest BCUT2D eigenvalue weighted by atomic mass is 9.86. The molecule has 0 amide bonds. The Hall–Kier alpha value is -1.76. The van der Waals surface area contributed by atoms with E-state index in [0.717, 1.165) is 10.0 Å². The molecule has 1 N–H and O–H groups in total. The summed E-state index contributed by atoms with van der Waals surface area (Å²) in [7, 11) is 0. The lowest BCUT2D eigenvalue weighted by Gasteiger charge is -2.19. The number of rotatable bonds is 5. The van der Waals surface area contributed by atoms with E-state index in [1.165, 1.54) is 0 Å². The fourth-order valence-electron chi connectivity index (χ4n) is 1.86. The van der Waals surface area contributed by atoms with E-state index in [1.807, 2.05) is 19.9 Å². The Balaban J connectivity index is 2.15. The molecule has 0 radical (unpaired) electrons. The number of aliphatic carboxylic acids is 1. The summed E-state index contributed by atoms with van der Waals surface area (Å²) in [6.45, 7) is 3.71. The summed E-state index contributed by atoms with van der Waals surface area (Å²) in [5, 5.41) is 12.8. The van der Waals surface area contributed by atoms with Crippen molar-refractivity contribution in [3.8, 4) is 11.4 Å². The molecule has 2 aromatic heterocycles. The van der Waals surface area contributed by atoms with Gasteiger partial charge in [0.25, 0.3) is 0 Å². The zero-order valence-corrected chi connectivity index (χ0v) is 12.7. The Bertz CT molecular complexity index is 625. The van der Waals surface area contributed by atoms with Crippen molar-refractivity contribution in [2.45, 2.75) is 26.7 Å². The van der Waals surface area contributed by atoms with Crippen molar-refractivity contribution in [1.29, 1.82) is 0 Å². The molecule has 0 aliphatic carbocycles. The molecule has 7 heteroatoms. The Labute approximate surface area is 124 Å². The van der Waals surface area contributed by atoms with E-state index in [0.29, 0.717) is 18.1 Å². The van der Waals surface area contributed by atoms with Crippen LogP contribution < -0.4 is 0 Å². The number of halogens is 1. The molecule has 0 saturated carbocycles. The predicted octanol–water partition coefficient (Wildman–Crippen LogP) is 2.94. The van der Waals surface area contributed by atoms with Crippen molar-refractivity contribution in [2.24, 2.45) is 5.41 Å². The summed E-state index contributed by atoms with van der Waals surface area (Å²) in [6.07, 6.45) is 3.76. The minimum absolute atomic E-state index is 0.0448. The van der Waals surface area contributed by atoms with Crippen LogP contribution in [0.25, 0.3) is 11.4 Å². The van der Waals surface area contributed by atoms with Crippen LogP contribution in [0.4, 0.5) is 0 Å². The van der Waals surface area contributed by atoms with Crippen molar-refractivity contribution in [1.82, 2.24) is 15.1 Å². The molecule has 0 unspecified atom stereocenters. The first-order valence-corrected chi connectivity index (χ1v) is 6.80. The van der Waals surface area contributed by atoms with E-state index in [-0.39, 0.29) is 6.42 Å². The van der Waals surface area contributed by atoms with Crippen molar-refractivity contribution in [2.75, 3.05) is 0 Å². The fourth-order valence-corrected chi connectivity index (χ4v) is 2.22. The lowest BCUT2D eigenvalue weighted by molar-refractivity contribution is -0.139. The van der Waals surface area contributed by atoms with Crippen LogP contribution in [0.5, 0.6) is 0 Å². The first-order chi connectivity index (χ1) is 9.35. The highest BCUT2D eigenvalue weighted by Crippen LogP contribution is 2.26. The monoisotopic (exact) mass is 339 g/mol. The highest BCUT2D eigenvalue weighted by molar-refractivity contribution is 9.10. The molecule has 20 heavy (non-hydrogen) atoms. The predicted molar refractivity (Wildman–Crippen MR) is 75.0 cm³/mol. The number of pyridine rings is 1. The molecule has 0 aliphatic heterocycles. The molecular formula is C13H14BrN3O3. The smallest absolute Gasteiger partial charge is 0.303 e. The quantitative estimate of drug-likeness (QED) is 0.900. The van der Waals surface area contributed by atoms with Gasteiger partial charge in [-0.1, -0.05) is 19.0 Å². The van der Waals surface area contributed by atoms with Gasteiger partial charge >= 0.3 is 5.97 Å². The van der Waals surface area contributed by atoms with Gasteiger partial charge in [-0.05, 0) is 27.4 Å². The van der Waals surface area contributed by atoms with Gasteiger partial charge in [-0.3, -0.25) is 9.78 Å². The van der Waals surface area contributed by atoms with E-state index in [4.69, 9.17) is 9.63 Å². The highest BCUT2D eigenvalue weighted by Gasteiger charge is 2.25. The van der Waals surface area contributed by atoms with Gasteiger partial charge in [0.2, 0.25) is 11.7 Å². The number of aromatic nitrogens is 3. The third kappa shape index (κ3) is 3.86. The molecule has 0 saturated heterocycles. The van der Waals surface area contributed by atoms with Gasteiger partial charge in [0.15, 0.2) is 0 Å². The SMILES string of the molecule is CC(C)(CC(=O)O)Cc1nc(-c2cncc(Br)c2)no1. The molecule has 6 nitrogen and oxygen atoms in total. The van der Waals surface area contributed by atoms with Gasteiger partial charge in [-0.25, -0.2) is 0 Å². The van der Waals surface area contributed by atoms with Gasteiger partial charge in [-0.2, -0.15) is 4.98 Å². The zero-order valence-electron chi connectivity index (χ0n) is 11.1. The summed E-state index contributed by atoms with van der Waals surface area (Å²) in [5.41, 5.74) is 0.302. The number of nitrogens with zero attached hydrogens (tertiary/aromatic N) is 3. The number of carboxylic acid groups (broad SMARTS) is 1. The number of carbonyl (C=O) groups is 1. The topological polar surface area (TPSA) is 89.1 Å². The molecule has 2 heterocycles. The molecule has 0 fully saturated rings. The maximum absolute atomic E-state index is 10.8. The van der Waals surface area contributed by atoms with Crippen LogP contribution in [-0.4, -0.2) is 26.2 Å². The van der Waals surface area contributed by atoms with Gasteiger partial charge in [0, 0.05) is 28.9 Å². The normalized spacial score (nSPS) is 11.6. The molecule has 106 valence electrons. The summed E-state index contributed by atoms with van der Waals surface area (Å²) in [6, 6.07) is 1.84. The van der Waals surface area contributed by atoms with Gasteiger partial charge in [0.05, 0.1) is 6.42 Å². The second-order valence-corrected chi connectivity index (χ2v) is 6.23. The summed E-state index contributed by atoms with van der Waals surface area (Å²) in [4.78, 5) is 19.1. The summed E-state index contributed by atoms with van der Waals surface area (Å²) in [5.74, 6) is 0.0251. The highest BCUT2D eigenvalue weighted by atomic mass is 79.9. The van der Waals surface area contributed by atoms with Crippen LogP contribution in [0.2, 0.25) is 0 Å². The van der Waals surface area contributed by atoms with Gasteiger partial charge in [0.1, 0.15) is 0 Å². The Morgan fingerprint density at radius 3 is 2.85 bits per heavy atom. The molecule has 2 aromatic rings. The van der Waals surface area contributed by atoms with Crippen LogP contribution in [-0.2, 0) is 11.2 Å². The van der Waals surface area contributed by atoms with Gasteiger partial charge in [-0.15, -0.1) is 0 Å². The zero-order chi connectivity index (χ0) is 14.8.